The minimum atomic E-state index is -3.94. The number of aryl methyl sites for hydroxylation is 1. The number of fused-ring (bicyclic) bond motifs is 4. The monoisotopic (exact) mass is 584 g/mol. The average molecular weight is 585 g/mol. The molecule has 3 aromatic carbocycles. The van der Waals surface area contributed by atoms with Crippen LogP contribution >= 0.6 is 0 Å². The van der Waals surface area contributed by atoms with Crippen LogP contribution in [0, 0.1) is 13.8 Å². The number of para-hydroxylation sites is 1. The van der Waals surface area contributed by atoms with Crippen molar-refractivity contribution in [1.82, 2.24) is 8.54 Å². The van der Waals surface area contributed by atoms with Crippen molar-refractivity contribution in [2.45, 2.75) is 38.1 Å². The third kappa shape index (κ3) is 4.02. The number of methoxy groups -OCH3 is 3. The summed E-state index contributed by atoms with van der Waals surface area (Å²) in [5.74, 6) is 0.661. The van der Waals surface area contributed by atoms with Gasteiger partial charge in [0.05, 0.1) is 43.0 Å². The molecule has 0 saturated heterocycles. The molecule has 0 saturated carbocycles. The van der Waals surface area contributed by atoms with Crippen molar-refractivity contribution in [3.8, 4) is 33.9 Å². The summed E-state index contributed by atoms with van der Waals surface area (Å²) in [6.45, 7) is 5.98. The molecule has 3 heterocycles. The molecule has 2 aromatic heterocycles. The third-order valence-electron chi connectivity index (χ3n) is 8.19. The van der Waals surface area contributed by atoms with Crippen LogP contribution in [-0.2, 0) is 21.2 Å². The van der Waals surface area contributed by atoms with E-state index in [0.29, 0.717) is 51.2 Å². The molecule has 0 N–H and O–H groups in total. The molecule has 0 radical (unpaired) electrons. The number of nitrogens with zero attached hydrogens (tertiary/aromatic N) is 2. The molecule has 42 heavy (non-hydrogen) atoms. The number of aromatic nitrogens is 2. The van der Waals surface area contributed by atoms with E-state index in [1.807, 2.05) is 44.2 Å². The van der Waals surface area contributed by atoms with Gasteiger partial charge in [-0.1, -0.05) is 35.9 Å². The fourth-order valence-corrected chi connectivity index (χ4v) is 7.61. The van der Waals surface area contributed by atoms with Crippen LogP contribution in [0.4, 0.5) is 0 Å². The summed E-state index contributed by atoms with van der Waals surface area (Å²) in [5, 5.41) is 0.713. The molecular weight excluding hydrogens is 552 g/mol. The topological polar surface area (TPSA) is 88.8 Å². The molecule has 8 nitrogen and oxygen atoms in total. The Kier molecular flexibility index (Phi) is 6.65. The van der Waals surface area contributed by atoms with Gasteiger partial charge in [0.2, 0.25) is 0 Å². The number of benzene rings is 3. The van der Waals surface area contributed by atoms with Crippen LogP contribution in [0.1, 0.15) is 40.1 Å². The van der Waals surface area contributed by atoms with Crippen molar-refractivity contribution >= 4 is 26.9 Å². The molecule has 1 unspecified atom stereocenters. The predicted octanol–water partition coefficient (Wildman–Crippen LogP) is 6.55. The predicted molar refractivity (Wildman–Crippen MR) is 162 cm³/mol. The van der Waals surface area contributed by atoms with Gasteiger partial charge in [-0.05, 0) is 63.1 Å². The summed E-state index contributed by atoms with van der Waals surface area (Å²) in [7, 11) is 0.602. The second-order valence-electron chi connectivity index (χ2n) is 10.6. The highest BCUT2D eigenvalue weighted by atomic mass is 32.2. The molecule has 0 spiro atoms. The zero-order valence-corrected chi connectivity index (χ0v) is 25.2. The van der Waals surface area contributed by atoms with Crippen molar-refractivity contribution < 1.29 is 27.4 Å². The van der Waals surface area contributed by atoms with Crippen molar-refractivity contribution in [3.63, 3.8) is 0 Å². The average Bonchev–Trinajstić information content (AvgIpc) is 3.52. The maximum absolute atomic E-state index is 13.9. The van der Waals surface area contributed by atoms with Crippen molar-refractivity contribution in [1.29, 1.82) is 0 Å². The van der Waals surface area contributed by atoms with E-state index in [9.17, 15) is 13.2 Å². The molecule has 1 aliphatic heterocycles. The van der Waals surface area contributed by atoms with E-state index in [-0.39, 0.29) is 10.9 Å². The lowest BCUT2D eigenvalue weighted by molar-refractivity contribution is 0.0602. The number of hydrogen-bond donors (Lipinski definition) is 0. The Balaban J connectivity index is 1.69. The first-order chi connectivity index (χ1) is 20.1. The molecule has 6 rings (SSSR count). The van der Waals surface area contributed by atoms with E-state index in [2.05, 4.69) is 11.5 Å². The van der Waals surface area contributed by atoms with Crippen LogP contribution < -0.4 is 9.47 Å². The lowest BCUT2D eigenvalue weighted by Gasteiger charge is -2.28. The van der Waals surface area contributed by atoms with Crippen molar-refractivity contribution in [2.75, 3.05) is 21.3 Å². The second-order valence-corrected chi connectivity index (χ2v) is 12.5. The van der Waals surface area contributed by atoms with Gasteiger partial charge in [0.15, 0.2) is 11.5 Å². The number of carbonyl (C=O) groups excluding carboxylic acids is 1. The molecule has 0 bridgehead atoms. The van der Waals surface area contributed by atoms with Crippen LogP contribution in [0.15, 0.2) is 71.8 Å². The van der Waals surface area contributed by atoms with Gasteiger partial charge < -0.3 is 18.8 Å². The molecule has 0 fully saturated rings. The lowest BCUT2D eigenvalue weighted by atomic mass is 9.91. The Labute approximate surface area is 245 Å². The fraction of sp³-hybridized carbons (Fsp3) is 0.242. The quantitative estimate of drug-likeness (QED) is 0.210. The Morgan fingerprint density at radius 1 is 0.905 bits per heavy atom. The van der Waals surface area contributed by atoms with Gasteiger partial charge in [-0.3, -0.25) is 0 Å². The Morgan fingerprint density at radius 3 is 2.24 bits per heavy atom. The number of esters is 1. The fourth-order valence-electron chi connectivity index (χ4n) is 6.25. The molecule has 0 aliphatic carbocycles. The molecule has 216 valence electrons. The van der Waals surface area contributed by atoms with Gasteiger partial charge in [0.25, 0.3) is 10.0 Å². The van der Waals surface area contributed by atoms with Gasteiger partial charge in [0.1, 0.15) is 0 Å². The molecule has 5 aromatic rings. The molecule has 1 atom stereocenters. The van der Waals surface area contributed by atoms with Crippen LogP contribution in [0.25, 0.3) is 33.3 Å². The lowest BCUT2D eigenvalue weighted by Crippen LogP contribution is -2.18. The highest BCUT2D eigenvalue weighted by Crippen LogP contribution is 2.49. The van der Waals surface area contributed by atoms with Crippen LogP contribution in [0.5, 0.6) is 11.5 Å². The summed E-state index contributed by atoms with van der Waals surface area (Å²) in [6, 6.07) is 18.0. The highest BCUT2D eigenvalue weighted by Gasteiger charge is 2.36. The standard InChI is InChI=1S/C33H32N2O6S/c1-19-11-13-23(14-12-19)42(37,38)34-18-26(24-9-7-8-10-27(24)34)30-21(3)35-20(2)15-22-16-28(39-4)29(40-5)17-25(22)32(35)31(30)33(36)41-6/h7-14,16-18,20H,15H2,1-6H3. The van der Waals surface area contributed by atoms with Crippen LogP contribution in [0.3, 0.4) is 0 Å². The maximum atomic E-state index is 13.9. The largest absolute Gasteiger partial charge is 0.493 e. The van der Waals surface area contributed by atoms with Gasteiger partial charge in [0, 0.05) is 40.0 Å². The Morgan fingerprint density at radius 2 is 1.57 bits per heavy atom. The summed E-state index contributed by atoms with van der Waals surface area (Å²) in [6.07, 6.45) is 2.34. The van der Waals surface area contributed by atoms with Crippen LogP contribution in [-0.4, -0.2) is 44.3 Å². The highest BCUT2D eigenvalue weighted by molar-refractivity contribution is 7.90. The SMILES string of the molecule is COC(=O)c1c(-c2cn(S(=O)(=O)c3ccc(C)cc3)c3ccccc23)c(C)n2c1-c1cc(OC)c(OC)cc1CC2C. The number of hydrogen-bond acceptors (Lipinski definition) is 6. The zero-order valence-electron chi connectivity index (χ0n) is 24.4. The maximum Gasteiger partial charge on any atom is 0.340 e. The first kappa shape index (κ1) is 27.7. The van der Waals surface area contributed by atoms with Gasteiger partial charge in [-0.2, -0.15) is 0 Å². The van der Waals surface area contributed by atoms with Crippen molar-refractivity contribution in [2.24, 2.45) is 0 Å². The van der Waals surface area contributed by atoms with Crippen LogP contribution in [0.2, 0.25) is 0 Å². The normalized spacial score (nSPS) is 14.4. The Hall–Kier alpha value is -4.50. The first-order valence-electron chi connectivity index (χ1n) is 13.6. The molecule has 9 heteroatoms. The number of ether oxygens (including phenoxy) is 3. The van der Waals surface area contributed by atoms with Gasteiger partial charge in [-0.25, -0.2) is 17.2 Å². The molecule has 0 amide bonds. The van der Waals surface area contributed by atoms with Gasteiger partial charge >= 0.3 is 5.97 Å². The summed E-state index contributed by atoms with van der Waals surface area (Å²) < 4.78 is 47.9. The number of carbonyl (C=O) groups is 1. The minimum Gasteiger partial charge on any atom is -0.493 e. The van der Waals surface area contributed by atoms with E-state index in [1.54, 1.807) is 50.7 Å². The van der Waals surface area contributed by atoms with E-state index in [4.69, 9.17) is 14.2 Å². The zero-order chi connectivity index (χ0) is 29.9. The third-order valence-corrected chi connectivity index (χ3v) is 9.87. The Bertz CT molecular complexity index is 1980. The number of rotatable bonds is 6. The van der Waals surface area contributed by atoms with E-state index >= 15 is 0 Å². The second kappa shape index (κ2) is 10.1. The summed E-state index contributed by atoms with van der Waals surface area (Å²) in [5.41, 5.74) is 6.56. The first-order valence-corrected chi connectivity index (χ1v) is 15.1. The summed E-state index contributed by atoms with van der Waals surface area (Å²) >= 11 is 0. The van der Waals surface area contributed by atoms with Gasteiger partial charge in [-0.15, -0.1) is 0 Å². The summed E-state index contributed by atoms with van der Waals surface area (Å²) in [4.78, 5) is 13.8. The molecule has 1 aliphatic rings. The minimum absolute atomic E-state index is 0.00685. The van der Waals surface area contributed by atoms with Crippen molar-refractivity contribution in [3.05, 3.63) is 89.2 Å². The molecular formula is C33H32N2O6S. The van der Waals surface area contributed by atoms with E-state index in [1.165, 1.54) is 11.1 Å². The smallest absolute Gasteiger partial charge is 0.340 e. The van der Waals surface area contributed by atoms with E-state index < -0.39 is 16.0 Å². The van der Waals surface area contributed by atoms with E-state index in [0.717, 1.165) is 22.4 Å².